The van der Waals surface area contributed by atoms with Crippen LogP contribution in [0.2, 0.25) is 0 Å². The fourth-order valence-electron chi connectivity index (χ4n) is 4.18. The molecule has 0 unspecified atom stereocenters. The van der Waals surface area contributed by atoms with E-state index in [-0.39, 0.29) is 24.6 Å². The summed E-state index contributed by atoms with van der Waals surface area (Å²) < 4.78 is 25.2. The van der Waals surface area contributed by atoms with Crippen LogP contribution in [-0.4, -0.2) is 36.5 Å². The van der Waals surface area contributed by atoms with Gasteiger partial charge in [-0.25, -0.2) is 4.39 Å². The average Bonchev–Trinajstić information content (AvgIpc) is 3.14. The molecule has 26 heavy (non-hydrogen) atoms. The second-order valence-electron chi connectivity index (χ2n) is 7.39. The van der Waals surface area contributed by atoms with Gasteiger partial charge in [-0.3, -0.25) is 4.90 Å². The molecule has 1 saturated heterocycles. The van der Waals surface area contributed by atoms with Crippen molar-refractivity contribution in [2.24, 2.45) is 5.41 Å². The fraction of sp³-hybridized carbons (Fsp3) is 0.429. The minimum absolute atomic E-state index is 0.0599. The van der Waals surface area contributed by atoms with Crippen LogP contribution < -0.4 is 9.47 Å². The summed E-state index contributed by atoms with van der Waals surface area (Å²) in [4.78, 5) is 2.33. The first-order valence-corrected chi connectivity index (χ1v) is 9.13. The van der Waals surface area contributed by atoms with Crippen LogP contribution in [0.3, 0.4) is 0 Å². The smallest absolute Gasteiger partial charge is 0.231 e. The Morgan fingerprint density at radius 3 is 2.77 bits per heavy atom. The van der Waals surface area contributed by atoms with Gasteiger partial charge in [0.15, 0.2) is 11.5 Å². The minimum Gasteiger partial charge on any atom is -0.454 e. The monoisotopic (exact) mass is 357 g/mol. The number of rotatable bonds is 5. The zero-order chi connectivity index (χ0) is 18.0. The standard InChI is InChI=1S/C21H24FNO3/c22-18-7-2-1-5-16(18)11-21(14-24)9-4-10-23(13-21)12-17-6-3-8-19-20(17)26-15-25-19/h1-3,5-8,24H,4,9-15H2/t21-/m1/s1. The van der Waals surface area contributed by atoms with Crippen molar-refractivity contribution in [3.63, 3.8) is 0 Å². The summed E-state index contributed by atoms with van der Waals surface area (Å²) in [5.74, 6) is 1.42. The van der Waals surface area contributed by atoms with Crippen molar-refractivity contribution >= 4 is 0 Å². The lowest BCUT2D eigenvalue weighted by Gasteiger charge is -2.42. The number of likely N-dealkylation sites (tertiary alicyclic amines) is 1. The molecule has 1 atom stereocenters. The van der Waals surface area contributed by atoms with Gasteiger partial charge in [-0.2, -0.15) is 0 Å². The van der Waals surface area contributed by atoms with Crippen molar-refractivity contribution in [1.82, 2.24) is 4.90 Å². The molecule has 4 rings (SSSR count). The predicted octanol–water partition coefficient (Wildman–Crippen LogP) is 3.37. The van der Waals surface area contributed by atoms with Crippen LogP contribution in [0, 0.1) is 11.2 Å². The maximum Gasteiger partial charge on any atom is 0.231 e. The summed E-state index contributed by atoms with van der Waals surface area (Å²) in [6.07, 6.45) is 2.45. The molecule has 2 aromatic rings. The van der Waals surface area contributed by atoms with Gasteiger partial charge in [0.25, 0.3) is 0 Å². The summed E-state index contributed by atoms with van der Waals surface area (Å²) >= 11 is 0. The largest absolute Gasteiger partial charge is 0.454 e. The molecule has 1 N–H and O–H groups in total. The van der Waals surface area contributed by atoms with Crippen LogP contribution in [0.4, 0.5) is 4.39 Å². The van der Waals surface area contributed by atoms with Crippen LogP contribution in [-0.2, 0) is 13.0 Å². The van der Waals surface area contributed by atoms with E-state index in [9.17, 15) is 9.50 Å². The number of hydrogen-bond acceptors (Lipinski definition) is 4. The Kier molecular flexibility index (Phi) is 4.83. The SMILES string of the molecule is OC[C@@]1(Cc2ccccc2F)CCCN(Cc2cccc3c2OCO3)C1. The van der Waals surface area contributed by atoms with E-state index in [1.54, 1.807) is 6.07 Å². The number of hydrogen-bond donors (Lipinski definition) is 1. The number of aliphatic hydroxyl groups excluding tert-OH is 1. The van der Waals surface area contributed by atoms with Gasteiger partial charge in [0, 0.05) is 24.1 Å². The lowest BCUT2D eigenvalue weighted by Crippen LogP contribution is -2.46. The number of halogens is 1. The second-order valence-corrected chi connectivity index (χ2v) is 7.39. The summed E-state index contributed by atoms with van der Waals surface area (Å²) in [6.45, 7) is 2.77. The Bertz CT molecular complexity index is 782. The minimum atomic E-state index is -0.310. The second kappa shape index (κ2) is 7.25. The molecule has 2 aliphatic rings. The van der Waals surface area contributed by atoms with E-state index in [1.165, 1.54) is 6.07 Å². The molecule has 5 heteroatoms. The van der Waals surface area contributed by atoms with Gasteiger partial charge < -0.3 is 14.6 Å². The van der Waals surface area contributed by atoms with Crippen molar-refractivity contribution in [2.75, 3.05) is 26.5 Å². The first-order valence-electron chi connectivity index (χ1n) is 9.13. The van der Waals surface area contributed by atoms with E-state index in [2.05, 4.69) is 11.0 Å². The molecule has 0 spiro atoms. The van der Waals surface area contributed by atoms with Crippen LogP contribution in [0.1, 0.15) is 24.0 Å². The van der Waals surface area contributed by atoms with Crippen molar-refractivity contribution in [3.05, 3.63) is 59.4 Å². The highest BCUT2D eigenvalue weighted by Crippen LogP contribution is 2.38. The molecule has 2 heterocycles. The number of ether oxygens (including phenoxy) is 2. The van der Waals surface area contributed by atoms with Gasteiger partial charge in [-0.15, -0.1) is 0 Å². The zero-order valence-electron chi connectivity index (χ0n) is 14.8. The highest BCUT2D eigenvalue weighted by Gasteiger charge is 2.36. The third kappa shape index (κ3) is 3.41. The first kappa shape index (κ1) is 17.3. The Balaban J connectivity index is 1.51. The molecule has 0 aliphatic carbocycles. The van der Waals surface area contributed by atoms with Gasteiger partial charge in [-0.05, 0) is 43.5 Å². The molecule has 0 bridgehead atoms. The van der Waals surface area contributed by atoms with E-state index in [0.717, 1.165) is 49.5 Å². The molecular weight excluding hydrogens is 333 g/mol. The maximum absolute atomic E-state index is 14.1. The van der Waals surface area contributed by atoms with Crippen molar-refractivity contribution in [3.8, 4) is 11.5 Å². The van der Waals surface area contributed by atoms with Crippen LogP contribution in [0.25, 0.3) is 0 Å². The molecule has 4 nitrogen and oxygen atoms in total. The quantitative estimate of drug-likeness (QED) is 0.891. The van der Waals surface area contributed by atoms with E-state index < -0.39 is 0 Å². The van der Waals surface area contributed by atoms with Gasteiger partial charge in [0.05, 0.1) is 6.61 Å². The van der Waals surface area contributed by atoms with E-state index in [0.29, 0.717) is 12.0 Å². The molecule has 1 fully saturated rings. The first-order chi connectivity index (χ1) is 12.7. The summed E-state index contributed by atoms with van der Waals surface area (Å²) in [6, 6.07) is 12.8. The number of aliphatic hydroxyl groups is 1. The zero-order valence-corrected chi connectivity index (χ0v) is 14.8. The molecule has 0 aromatic heterocycles. The Morgan fingerprint density at radius 2 is 1.92 bits per heavy atom. The van der Waals surface area contributed by atoms with E-state index in [1.807, 2.05) is 24.3 Å². The van der Waals surface area contributed by atoms with Crippen LogP contribution in [0.15, 0.2) is 42.5 Å². The molecule has 2 aromatic carbocycles. The van der Waals surface area contributed by atoms with Crippen molar-refractivity contribution in [2.45, 2.75) is 25.8 Å². The average molecular weight is 357 g/mol. The van der Waals surface area contributed by atoms with Gasteiger partial charge in [-0.1, -0.05) is 30.3 Å². The van der Waals surface area contributed by atoms with Crippen molar-refractivity contribution in [1.29, 1.82) is 0 Å². The fourth-order valence-corrected chi connectivity index (χ4v) is 4.18. The van der Waals surface area contributed by atoms with E-state index in [4.69, 9.17) is 9.47 Å². The number of nitrogens with zero attached hydrogens (tertiary/aromatic N) is 1. The normalized spacial score (nSPS) is 22.5. The molecule has 0 radical (unpaired) electrons. The van der Waals surface area contributed by atoms with E-state index >= 15 is 0 Å². The Hall–Kier alpha value is -2.11. The van der Waals surface area contributed by atoms with Crippen LogP contribution in [0.5, 0.6) is 11.5 Å². The maximum atomic E-state index is 14.1. The summed E-state index contributed by atoms with van der Waals surface area (Å²) in [5.41, 5.74) is 1.47. The molecule has 138 valence electrons. The third-order valence-electron chi connectivity index (χ3n) is 5.47. The summed E-state index contributed by atoms with van der Waals surface area (Å²) in [5, 5.41) is 10.1. The van der Waals surface area contributed by atoms with Crippen molar-refractivity contribution < 1.29 is 19.0 Å². The molecule has 0 saturated carbocycles. The topological polar surface area (TPSA) is 41.9 Å². The van der Waals surface area contributed by atoms with Gasteiger partial charge in [0.1, 0.15) is 5.82 Å². The van der Waals surface area contributed by atoms with Crippen LogP contribution >= 0.6 is 0 Å². The summed E-state index contributed by atoms with van der Waals surface area (Å²) in [7, 11) is 0. The predicted molar refractivity (Wildman–Crippen MR) is 96.7 cm³/mol. The number of fused-ring (bicyclic) bond motifs is 1. The molecule has 2 aliphatic heterocycles. The highest BCUT2D eigenvalue weighted by atomic mass is 19.1. The van der Waals surface area contributed by atoms with Gasteiger partial charge in [0.2, 0.25) is 6.79 Å². The number of piperidine rings is 1. The Morgan fingerprint density at radius 1 is 1.08 bits per heavy atom. The third-order valence-corrected chi connectivity index (χ3v) is 5.47. The lowest BCUT2D eigenvalue weighted by molar-refractivity contribution is 0.0279. The Labute approximate surface area is 153 Å². The number of para-hydroxylation sites is 1. The molecule has 0 amide bonds. The molecular formula is C21H24FNO3. The number of benzene rings is 2. The lowest BCUT2D eigenvalue weighted by atomic mass is 9.75. The van der Waals surface area contributed by atoms with Gasteiger partial charge >= 0.3 is 0 Å². The highest BCUT2D eigenvalue weighted by molar-refractivity contribution is 5.48.